The van der Waals surface area contributed by atoms with Gasteiger partial charge in [0.2, 0.25) is 11.0 Å². The fraction of sp³-hybridized carbons (Fsp3) is 0.308. The molecule has 0 atom stereocenters. The molecular weight excluding hydrogens is 377 g/mol. The molecule has 0 spiro atoms. The zero-order chi connectivity index (χ0) is 14.8. The SMILES string of the molecule is O=C(Nc1nnc(SCc2ccc(Br)cc2F)s1)C1CC1. The van der Waals surface area contributed by atoms with Gasteiger partial charge in [0.1, 0.15) is 5.82 Å². The van der Waals surface area contributed by atoms with Gasteiger partial charge in [0.15, 0.2) is 4.34 Å². The Labute approximate surface area is 137 Å². The summed E-state index contributed by atoms with van der Waals surface area (Å²) in [6, 6.07) is 4.99. The Hall–Kier alpha value is -0.990. The Balaban J connectivity index is 1.57. The summed E-state index contributed by atoms with van der Waals surface area (Å²) in [7, 11) is 0. The molecule has 1 saturated carbocycles. The third-order valence-corrected chi connectivity index (χ3v) is 5.47. The highest BCUT2D eigenvalue weighted by molar-refractivity contribution is 9.10. The molecule has 0 saturated heterocycles. The molecule has 4 nitrogen and oxygen atoms in total. The van der Waals surface area contributed by atoms with E-state index in [1.807, 2.05) is 0 Å². The van der Waals surface area contributed by atoms with Crippen molar-refractivity contribution >= 4 is 50.1 Å². The second-order valence-corrected chi connectivity index (χ2v) is 7.78. The van der Waals surface area contributed by atoms with Gasteiger partial charge in [-0.1, -0.05) is 45.1 Å². The monoisotopic (exact) mass is 387 g/mol. The van der Waals surface area contributed by atoms with Gasteiger partial charge in [0.05, 0.1) is 0 Å². The van der Waals surface area contributed by atoms with Crippen LogP contribution < -0.4 is 5.32 Å². The van der Waals surface area contributed by atoms with E-state index in [2.05, 4.69) is 31.4 Å². The number of aromatic nitrogens is 2. The van der Waals surface area contributed by atoms with E-state index in [0.29, 0.717) is 20.8 Å². The van der Waals surface area contributed by atoms with E-state index in [9.17, 15) is 9.18 Å². The minimum Gasteiger partial charge on any atom is -0.300 e. The zero-order valence-corrected chi connectivity index (χ0v) is 14.0. The van der Waals surface area contributed by atoms with Crippen molar-refractivity contribution in [3.8, 4) is 0 Å². The molecule has 1 aliphatic rings. The molecule has 3 rings (SSSR count). The molecule has 21 heavy (non-hydrogen) atoms. The molecule has 1 amide bonds. The van der Waals surface area contributed by atoms with Crippen LogP contribution in [0.15, 0.2) is 27.0 Å². The van der Waals surface area contributed by atoms with Crippen LogP contribution in [0.2, 0.25) is 0 Å². The maximum absolute atomic E-state index is 13.7. The van der Waals surface area contributed by atoms with Crippen LogP contribution in [0.3, 0.4) is 0 Å². The van der Waals surface area contributed by atoms with Crippen molar-refractivity contribution < 1.29 is 9.18 Å². The van der Waals surface area contributed by atoms with Crippen LogP contribution in [0.25, 0.3) is 0 Å². The van der Waals surface area contributed by atoms with E-state index in [0.717, 1.165) is 17.3 Å². The largest absolute Gasteiger partial charge is 0.300 e. The molecule has 1 aliphatic carbocycles. The summed E-state index contributed by atoms with van der Waals surface area (Å²) in [5.74, 6) is 0.386. The van der Waals surface area contributed by atoms with Crippen LogP contribution in [0.4, 0.5) is 9.52 Å². The summed E-state index contributed by atoms with van der Waals surface area (Å²) in [6.07, 6.45) is 1.91. The number of halogens is 2. The standard InChI is InChI=1S/C13H11BrFN3OS2/c14-9-4-3-8(10(15)5-9)6-20-13-18-17-12(21-13)16-11(19)7-1-2-7/h3-5,7H,1-2,6H2,(H,16,17,19). The number of anilines is 1. The van der Waals surface area contributed by atoms with E-state index in [-0.39, 0.29) is 17.6 Å². The zero-order valence-electron chi connectivity index (χ0n) is 10.8. The summed E-state index contributed by atoms with van der Waals surface area (Å²) < 4.78 is 15.1. The quantitative estimate of drug-likeness (QED) is 0.620. The maximum atomic E-state index is 13.7. The minimum absolute atomic E-state index is 0.0154. The Bertz CT molecular complexity index is 675. The second-order valence-electron chi connectivity index (χ2n) is 4.66. The lowest BCUT2D eigenvalue weighted by molar-refractivity contribution is -0.117. The van der Waals surface area contributed by atoms with Gasteiger partial charge in [-0.3, -0.25) is 4.79 Å². The molecule has 1 N–H and O–H groups in total. The first kappa shape index (κ1) is 14.9. The Morgan fingerprint density at radius 2 is 2.29 bits per heavy atom. The molecule has 110 valence electrons. The molecule has 0 bridgehead atoms. The summed E-state index contributed by atoms with van der Waals surface area (Å²) in [6.45, 7) is 0. The lowest BCUT2D eigenvalue weighted by Crippen LogP contribution is -2.12. The lowest BCUT2D eigenvalue weighted by atomic mass is 10.2. The fourth-order valence-corrected chi connectivity index (χ4v) is 3.72. The Morgan fingerprint density at radius 3 is 3.00 bits per heavy atom. The smallest absolute Gasteiger partial charge is 0.229 e. The van der Waals surface area contributed by atoms with Crippen molar-refractivity contribution in [2.24, 2.45) is 5.92 Å². The third-order valence-electron chi connectivity index (χ3n) is 2.95. The number of hydrogen-bond donors (Lipinski definition) is 1. The maximum Gasteiger partial charge on any atom is 0.229 e. The van der Waals surface area contributed by atoms with Gasteiger partial charge in [-0.15, -0.1) is 10.2 Å². The van der Waals surface area contributed by atoms with Crippen LogP contribution in [0.1, 0.15) is 18.4 Å². The predicted molar refractivity (Wildman–Crippen MR) is 84.9 cm³/mol. The normalized spacial score (nSPS) is 14.2. The number of carbonyl (C=O) groups is 1. The van der Waals surface area contributed by atoms with Crippen molar-refractivity contribution in [3.63, 3.8) is 0 Å². The van der Waals surface area contributed by atoms with E-state index >= 15 is 0 Å². The van der Waals surface area contributed by atoms with Gasteiger partial charge in [-0.25, -0.2) is 4.39 Å². The number of amides is 1. The topological polar surface area (TPSA) is 54.9 Å². The number of nitrogens with zero attached hydrogens (tertiary/aromatic N) is 2. The Kier molecular flexibility index (Phi) is 4.56. The molecule has 0 unspecified atom stereocenters. The summed E-state index contributed by atoms with van der Waals surface area (Å²) >= 11 is 5.94. The van der Waals surface area contributed by atoms with Crippen molar-refractivity contribution in [1.82, 2.24) is 10.2 Å². The Morgan fingerprint density at radius 1 is 1.48 bits per heavy atom. The van der Waals surface area contributed by atoms with Crippen LogP contribution in [-0.2, 0) is 10.5 Å². The van der Waals surface area contributed by atoms with Gasteiger partial charge in [0, 0.05) is 16.1 Å². The summed E-state index contributed by atoms with van der Waals surface area (Å²) in [4.78, 5) is 11.6. The third kappa shape index (κ3) is 4.02. The number of nitrogens with one attached hydrogen (secondary N) is 1. The first-order chi connectivity index (χ1) is 10.1. The molecule has 1 heterocycles. The fourth-order valence-electron chi connectivity index (χ4n) is 1.65. The van der Waals surface area contributed by atoms with Crippen LogP contribution in [-0.4, -0.2) is 16.1 Å². The predicted octanol–water partition coefficient (Wildman–Crippen LogP) is 4.08. The highest BCUT2D eigenvalue weighted by Crippen LogP contribution is 2.33. The summed E-state index contributed by atoms with van der Waals surface area (Å²) in [5.41, 5.74) is 0.613. The minimum atomic E-state index is -0.247. The van der Waals surface area contributed by atoms with Gasteiger partial charge < -0.3 is 5.32 Å². The van der Waals surface area contributed by atoms with Crippen molar-refractivity contribution in [1.29, 1.82) is 0 Å². The molecular formula is C13H11BrFN3OS2. The number of hydrogen-bond acceptors (Lipinski definition) is 5. The van der Waals surface area contributed by atoms with Crippen molar-refractivity contribution in [2.45, 2.75) is 22.9 Å². The highest BCUT2D eigenvalue weighted by Gasteiger charge is 2.30. The molecule has 8 heteroatoms. The molecule has 1 fully saturated rings. The van der Waals surface area contributed by atoms with Crippen LogP contribution in [0.5, 0.6) is 0 Å². The van der Waals surface area contributed by atoms with E-state index in [4.69, 9.17) is 0 Å². The summed E-state index contributed by atoms with van der Waals surface area (Å²) in [5, 5.41) is 11.2. The first-order valence-electron chi connectivity index (χ1n) is 6.33. The van der Waals surface area contributed by atoms with Gasteiger partial charge in [-0.2, -0.15) is 0 Å². The number of rotatable bonds is 5. The van der Waals surface area contributed by atoms with Crippen molar-refractivity contribution in [2.75, 3.05) is 5.32 Å². The van der Waals surface area contributed by atoms with Crippen LogP contribution >= 0.6 is 39.0 Å². The van der Waals surface area contributed by atoms with E-state index in [1.165, 1.54) is 29.2 Å². The highest BCUT2D eigenvalue weighted by atomic mass is 79.9. The molecule has 1 aromatic carbocycles. The average molecular weight is 388 g/mol. The second kappa shape index (κ2) is 6.41. The van der Waals surface area contributed by atoms with Gasteiger partial charge in [0.25, 0.3) is 0 Å². The van der Waals surface area contributed by atoms with E-state index in [1.54, 1.807) is 12.1 Å². The number of benzene rings is 1. The van der Waals surface area contributed by atoms with Gasteiger partial charge in [-0.05, 0) is 30.5 Å². The lowest BCUT2D eigenvalue weighted by Gasteiger charge is -2.01. The molecule has 1 aromatic heterocycles. The first-order valence-corrected chi connectivity index (χ1v) is 8.92. The molecule has 0 radical (unpaired) electrons. The molecule has 2 aromatic rings. The van der Waals surface area contributed by atoms with Crippen molar-refractivity contribution in [3.05, 3.63) is 34.1 Å². The van der Waals surface area contributed by atoms with Crippen LogP contribution in [0, 0.1) is 11.7 Å². The average Bonchev–Trinajstić information content (AvgIpc) is 3.20. The van der Waals surface area contributed by atoms with E-state index < -0.39 is 0 Å². The number of thioether (sulfide) groups is 1. The van der Waals surface area contributed by atoms with Gasteiger partial charge >= 0.3 is 0 Å². The number of carbonyl (C=O) groups excluding carboxylic acids is 1. The molecule has 0 aliphatic heterocycles.